The molecule has 3 heterocycles. The van der Waals surface area contributed by atoms with Crippen LogP contribution in [0.4, 0.5) is 5.82 Å². The fraction of sp³-hybridized carbons (Fsp3) is 0.667. The Balaban J connectivity index is 1.40. The molecule has 6 heteroatoms. The standard InChI is InChI=1S/C21H28N4O2/c1-15-16(14-22)2-7-19(23-15)24-11-8-21(9-12-24)10-13-25(20(21)27)17-3-5-18(26)6-4-17/h2,7,17-18,26H,3-6,8-13H2,1H3. The summed E-state index contributed by atoms with van der Waals surface area (Å²) in [6.07, 6.45) is 6.03. The van der Waals surface area contributed by atoms with Gasteiger partial charge < -0.3 is 14.9 Å². The Morgan fingerprint density at radius 1 is 1.15 bits per heavy atom. The molecule has 0 unspecified atom stereocenters. The van der Waals surface area contributed by atoms with Gasteiger partial charge in [0.1, 0.15) is 11.9 Å². The molecule has 0 atom stereocenters. The van der Waals surface area contributed by atoms with E-state index < -0.39 is 0 Å². The van der Waals surface area contributed by atoms with E-state index in [2.05, 4.69) is 20.9 Å². The number of hydrogen-bond donors (Lipinski definition) is 1. The SMILES string of the molecule is Cc1nc(N2CCC3(CC2)CCN(C2CCC(O)CC2)C3=O)ccc1C#N. The number of carbonyl (C=O) groups is 1. The van der Waals surface area contributed by atoms with Gasteiger partial charge in [-0.2, -0.15) is 5.26 Å². The molecule has 1 N–H and O–H groups in total. The van der Waals surface area contributed by atoms with Gasteiger partial charge in [0.05, 0.1) is 22.8 Å². The quantitative estimate of drug-likeness (QED) is 0.867. The number of piperidine rings is 1. The van der Waals surface area contributed by atoms with Gasteiger partial charge in [-0.05, 0) is 64.0 Å². The number of rotatable bonds is 2. The van der Waals surface area contributed by atoms with Crippen LogP contribution in [-0.2, 0) is 4.79 Å². The van der Waals surface area contributed by atoms with Crippen LogP contribution in [0.3, 0.4) is 0 Å². The second-order valence-corrected chi connectivity index (χ2v) is 8.39. The van der Waals surface area contributed by atoms with Gasteiger partial charge >= 0.3 is 0 Å². The third-order valence-electron chi connectivity index (χ3n) is 6.89. The molecule has 0 aromatic carbocycles. The fourth-order valence-electron chi connectivity index (χ4n) is 5.04. The summed E-state index contributed by atoms with van der Waals surface area (Å²) in [5.74, 6) is 1.25. The van der Waals surface area contributed by atoms with Gasteiger partial charge in [0.15, 0.2) is 0 Å². The highest BCUT2D eigenvalue weighted by Crippen LogP contribution is 2.44. The first-order chi connectivity index (χ1) is 13.0. The smallest absolute Gasteiger partial charge is 0.229 e. The molecule has 1 amide bonds. The summed E-state index contributed by atoms with van der Waals surface area (Å²) in [6.45, 7) is 4.41. The molecule has 3 fully saturated rings. The Kier molecular flexibility index (Phi) is 4.81. The normalized spacial score (nSPS) is 27.8. The number of hydrogen-bond acceptors (Lipinski definition) is 5. The zero-order valence-corrected chi connectivity index (χ0v) is 16.0. The molecule has 2 aliphatic heterocycles. The Morgan fingerprint density at radius 3 is 2.44 bits per heavy atom. The number of nitrogens with zero attached hydrogens (tertiary/aromatic N) is 4. The highest BCUT2D eigenvalue weighted by Gasteiger charge is 2.50. The number of aliphatic hydroxyl groups is 1. The zero-order chi connectivity index (χ0) is 19.0. The second-order valence-electron chi connectivity index (χ2n) is 8.39. The van der Waals surface area contributed by atoms with Crippen LogP contribution in [-0.4, -0.2) is 52.7 Å². The van der Waals surface area contributed by atoms with Crippen LogP contribution in [0.5, 0.6) is 0 Å². The number of amides is 1. The van der Waals surface area contributed by atoms with Crippen molar-refractivity contribution in [2.45, 2.75) is 64.0 Å². The predicted octanol–water partition coefficient (Wildman–Crippen LogP) is 2.38. The van der Waals surface area contributed by atoms with Crippen molar-refractivity contribution in [1.82, 2.24) is 9.88 Å². The highest BCUT2D eigenvalue weighted by atomic mass is 16.3. The van der Waals surface area contributed by atoms with Gasteiger partial charge in [-0.3, -0.25) is 4.79 Å². The largest absolute Gasteiger partial charge is 0.393 e. The van der Waals surface area contributed by atoms with E-state index in [1.807, 2.05) is 19.1 Å². The molecule has 0 radical (unpaired) electrons. The molecule has 144 valence electrons. The number of aliphatic hydroxyl groups excluding tert-OH is 1. The van der Waals surface area contributed by atoms with Crippen LogP contribution in [0, 0.1) is 23.7 Å². The monoisotopic (exact) mass is 368 g/mol. The first kappa shape index (κ1) is 18.2. The van der Waals surface area contributed by atoms with Crippen LogP contribution < -0.4 is 4.90 Å². The van der Waals surface area contributed by atoms with Gasteiger partial charge in [-0.15, -0.1) is 0 Å². The first-order valence-electron chi connectivity index (χ1n) is 10.1. The Hall–Kier alpha value is -2.13. The van der Waals surface area contributed by atoms with E-state index in [9.17, 15) is 9.90 Å². The van der Waals surface area contributed by atoms with Crippen molar-refractivity contribution in [3.8, 4) is 6.07 Å². The molecule has 1 aromatic rings. The van der Waals surface area contributed by atoms with Crippen molar-refractivity contribution < 1.29 is 9.90 Å². The third kappa shape index (κ3) is 3.29. The van der Waals surface area contributed by atoms with Crippen molar-refractivity contribution in [1.29, 1.82) is 5.26 Å². The highest BCUT2D eigenvalue weighted by molar-refractivity contribution is 5.85. The van der Waals surface area contributed by atoms with Crippen molar-refractivity contribution in [2.75, 3.05) is 24.5 Å². The predicted molar refractivity (Wildman–Crippen MR) is 102 cm³/mol. The molecule has 3 aliphatic rings. The molecule has 6 nitrogen and oxygen atoms in total. The van der Waals surface area contributed by atoms with E-state index >= 15 is 0 Å². The minimum absolute atomic E-state index is 0.181. The summed E-state index contributed by atoms with van der Waals surface area (Å²) in [4.78, 5) is 22.2. The Labute approximate surface area is 160 Å². The lowest BCUT2D eigenvalue weighted by Crippen LogP contribution is -2.47. The van der Waals surface area contributed by atoms with Crippen molar-refractivity contribution in [3.63, 3.8) is 0 Å². The average molecular weight is 368 g/mol. The molecule has 2 saturated heterocycles. The maximum absolute atomic E-state index is 13.2. The van der Waals surface area contributed by atoms with Crippen LogP contribution in [0.1, 0.15) is 56.2 Å². The van der Waals surface area contributed by atoms with E-state index in [0.29, 0.717) is 17.5 Å². The lowest BCUT2D eigenvalue weighted by Gasteiger charge is -2.40. The number of likely N-dealkylation sites (tertiary alicyclic amines) is 1. The van der Waals surface area contributed by atoms with E-state index in [1.165, 1.54) is 0 Å². The molecule has 4 rings (SSSR count). The van der Waals surface area contributed by atoms with Crippen LogP contribution in [0.15, 0.2) is 12.1 Å². The number of pyridine rings is 1. The second kappa shape index (κ2) is 7.12. The summed E-state index contributed by atoms with van der Waals surface area (Å²) in [7, 11) is 0. The minimum Gasteiger partial charge on any atom is -0.393 e. The van der Waals surface area contributed by atoms with Crippen LogP contribution in [0.25, 0.3) is 0 Å². The summed E-state index contributed by atoms with van der Waals surface area (Å²) < 4.78 is 0. The van der Waals surface area contributed by atoms with Crippen molar-refractivity contribution in [3.05, 3.63) is 23.4 Å². The molecular formula is C21H28N4O2. The third-order valence-corrected chi connectivity index (χ3v) is 6.89. The first-order valence-corrected chi connectivity index (χ1v) is 10.1. The maximum Gasteiger partial charge on any atom is 0.229 e. The molecular weight excluding hydrogens is 340 g/mol. The van der Waals surface area contributed by atoms with E-state index in [4.69, 9.17) is 5.26 Å². The zero-order valence-electron chi connectivity index (χ0n) is 16.0. The maximum atomic E-state index is 13.2. The van der Waals surface area contributed by atoms with Gasteiger partial charge in [0, 0.05) is 25.7 Å². The van der Waals surface area contributed by atoms with Gasteiger partial charge in [-0.25, -0.2) is 4.98 Å². The average Bonchev–Trinajstić information content (AvgIpc) is 2.99. The summed E-state index contributed by atoms with van der Waals surface area (Å²) in [6, 6.07) is 6.23. The summed E-state index contributed by atoms with van der Waals surface area (Å²) >= 11 is 0. The number of aryl methyl sites for hydroxylation is 1. The lowest BCUT2D eigenvalue weighted by atomic mass is 9.77. The number of anilines is 1. The minimum atomic E-state index is -0.200. The molecule has 27 heavy (non-hydrogen) atoms. The number of nitriles is 1. The topological polar surface area (TPSA) is 80.5 Å². The van der Waals surface area contributed by atoms with Crippen molar-refractivity contribution >= 4 is 11.7 Å². The summed E-state index contributed by atoms with van der Waals surface area (Å²) in [5, 5.41) is 18.8. The van der Waals surface area contributed by atoms with E-state index in [1.54, 1.807) is 0 Å². The molecule has 0 bridgehead atoms. The molecule has 1 saturated carbocycles. The Morgan fingerprint density at radius 2 is 1.81 bits per heavy atom. The van der Waals surface area contributed by atoms with Crippen molar-refractivity contribution in [2.24, 2.45) is 5.41 Å². The molecule has 1 aromatic heterocycles. The van der Waals surface area contributed by atoms with Gasteiger partial charge in [0.2, 0.25) is 5.91 Å². The summed E-state index contributed by atoms with van der Waals surface area (Å²) in [5.41, 5.74) is 1.18. The fourth-order valence-corrected chi connectivity index (χ4v) is 5.04. The van der Waals surface area contributed by atoms with E-state index in [0.717, 1.165) is 76.1 Å². The molecule has 1 aliphatic carbocycles. The van der Waals surface area contributed by atoms with Crippen LogP contribution >= 0.6 is 0 Å². The molecule has 1 spiro atoms. The van der Waals surface area contributed by atoms with Gasteiger partial charge in [0.25, 0.3) is 0 Å². The lowest BCUT2D eigenvalue weighted by molar-refractivity contribution is -0.139. The van der Waals surface area contributed by atoms with Crippen LogP contribution in [0.2, 0.25) is 0 Å². The number of carbonyl (C=O) groups excluding carboxylic acids is 1. The Bertz CT molecular complexity index is 756. The number of aromatic nitrogens is 1. The van der Waals surface area contributed by atoms with E-state index in [-0.39, 0.29) is 11.5 Å². The van der Waals surface area contributed by atoms with Gasteiger partial charge in [-0.1, -0.05) is 0 Å².